The third-order valence-corrected chi connectivity index (χ3v) is 4.69. The Kier molecular flexibility index (Phi) is 5.55. The Hall–Kier alpha value is -0.250. The van der Waals surface area contributed by atoms with Crippen molar-refractivity contribution in [3.05, 3.63) is 0 Å². The summed E-state index contributed by atoms with van der Waals surface area (Å²) in [4.78, 5) is 4.06. The van der Waals surface area contributed by atoms with Crippen molar-refractivity contribution in [3.8, 4) is 0 Å². The van der Waals surface area contributed by atoms with E-state index in [-0.39, 0.29) is 0 Å². The van der Waals surface area contributed by atoms with Crippen molar-refractivity contribution in [2.45, 2.75) is 5.25 Å². The van der Waals surface area contributed by atoms with E-state index >= 15 is 0 Å². The van der Waals surface area contributed by atoms with E-state index in [1.54, 1.807) is 0 Å². The monoisotopic (exact) mass is 294 g/mol. The van der Waals surface area contributed by atoms with Crippen LogP contribution in [0.15, 0.2) is 0 Å². The standard InChI is InChI=1S/C11H22N2O5S/c14-19(15,16)11(9-12-1-5-17-6-2-12)10-13-3-7-18-8-4-13/h11H,1-10H2,(H,14,15,16). The van der Waals surface area contributed by atoms with E-state index < -0.39 is 15.4 Å². The van der Waals surface area contributed by atoms with Crippen molar-refractivity contribution >= 4 is 10.1 Å². The minimum absolute atomic E-state index is 0.361. The predicted molar refractivity (Wildman–Crippen MR) is 69.9 cm³/mol. The smallest absolute Gasteiger partial charge is 0.270 e. The summed E-state index contributed by atoms with van der Waals surface area (Å²) >= 11 is 0. The van der Waals surface area contributed by atoms with Crippen LogP contribution in [0.25, 0.3) is 0 Å². The van der Waals surface area contributed by atoms with Crippen LogP contribution in [0.1, 0.15) is 0 Å². The number of morpholine rings is 2. The second-order valence-corrected chi connectivity index (χ2v) is 6.66. The molecule has 2 aliphatic rings. The first-order valence-corrected chi connectivity index (χ1v) is 8.12. The van der Waals surface area contributed by atoms with E-state index in [1.807, 2.05) is 9.80 Å². The van der Waals surface area contributed by atoms with Crippen LogP contribution in [-0.2, 0) is 19.6 Å². The van der Waals surface area contributed by atoms with E-state index in [1.165, 1.54) is 0 Å². The molecule has 0 radical (unpaired) electrons. The Morgan fingerprint density at radius 2 is 1.26 bits per heavy atom. The molecule has 19 heavy (non-hydrogen) atoms. The van der Waals surface area contributed by atoms with Gasteiger partial charge in [0, 0.05) is 39.3 Å². The van der Waals surface area contributed by atoms with Gasteiger partial charge in [0.15, 0.2) is 0 Å². The largest absolute Gasteiger partial charge is 0.379 e. The van der Waals surface area contributed by atoms with E-state index in [2.05, 4.69) is 0 Å². The summed E-state index contributed by atoms with van der Waals surface area (Å²) in [5.74, 6) is 0. The third kappa shape index (κ3) is 4.97. The molecule has 0 aromatic heterocycles. The van der Waals surface area contributed by atoms with Gasteiger partial charge in [-0.3, -0.25) is 14.4 Å². The number of ether oxygens (including phenoxy) is 2. The fourth-order valence-corrected chi connectivity index (χ4v) is 3.19. The first-order valence-electron chi connectivity index (χ1n) is 6.62. The van der Waals surface area contributed by atoms with Crippen LogP contribution in [0.4, 0.5) is 0 Å². The molecule has 0 amide bonds. The maximum absolute atomic E-state index is 11.5. The van der Waals surface area contributed by atoms with Crippen molar-refractivity contribution in [3.63, 3.8) is 0 Å². The van der Waals surface area contributed by atoms with Crippen LogP contribution in [0, 0.1) is 0 Å². The van der Waals surface area contributed by atoms with Crippen LogP contribution in [0.5, 0.6) is 0 Å². The average molecular weight is 294 g/mol. The quantitative estimate of drug-likeness (QED) is 0.645. The Morgan fingerprint density at radius 1 is 0.895 bits per heavy atom. The topological polar surface area (TPSA) is 79.3 Å². The Balaban J connectivity index is 1.91. The highest BCUT2D eigenvalue weighted by Gasteiger charge is 2.29. The lowest BCUT2D eigenvalue weighted by Crippen LogP contribution is -2.49. The zero-order chi connectivity index (χ0) is 13.7. The summed E-state index contributed by atoms with van der Waals surface area (Å²) in [6, 6.07) is 0. The fourth-order valence-electron chi connectivity index (χ4n) is 2.39. The first kappa shape index (κ1) is 15.1. The van der Waals surface area contributed by atoms with E-state index in [4.69, 9.17) is 9.47 Å². The van der Waals surface area contributed by atoms with Crippen LogP contribution < -0.4 is 0 Å². The van der Waals surface area contributed by atoms with Gasteiger partial charge in [0.25, 0.3) is 10.1 Å². The molecule has 1 N–H and O–H groups in total. The molecule has 0 spiro atoms. The Bertz CT molecular complexity index is 343. The molecule has 0 aromatic carbocycles. The molecule has 0 aromatic rings. The van der Waals surface area contributed by atoms with E-state index in [9.17, 15) is 13.0 Å². The maximum atomic E-state index is 11.5. The molecule has 0 bridgehead atoms. The van der Waals surface area contributed by atoms with Crippen molar-refractivity contribution in [2.24, 2.45) is 0 Å². The summed E-state index contributed by atoms with van der Waals surface area (Å²) in [5.41, 5.74) is 0. The molecule has 2 aliphatic heterocycles. The molecular weight excluding hydrogens is 272 g/mol. The highest BCUT2D eigenvalue weighted by molar-refractivity contribution is 7.86. The first-order chi connectivity index (χ1) is 9.05. The zero-order valence-electron chi connectivity index (χ0n) is 11.0. The fraction of sp³-hybridized carbons (Fsp3) is 1.00. The molecular formula is C11H22N2O5S. The van der Waals surface area contributed by atoms with Crippen molar-refractivity contribution in [2.75, 3.05) is 65.7 Å². The molecule has 7 nitrogen and oxygen atoms in total. The van der Waals surface area contributed by atoms with E-state index in [0.29, 0.717) is 39.5 Å². The van der Waals surface area contributed by atoms with Crippen LogP contribution in [-0.4, -0.2) is 93.7 Å². The second-order valence-electron chi connectivity index (χ2n) is 4.96. The molecule has 2 fully saturated rings. The molecule has 0 saturated carbocycles. The van der Waals surface area contributed by atoms with Gasteiger partial charge in [-0.2, -0.15) is 8.42 Å². The molecule has 112 valence electrons. The van der Waals surface area contributed by atoms with Crippen molar-refractivity contribution < 1.29 is 22.4 Å². The minimum Gasteiger partial charge on any atom is -0.379 e. The Labute approximate surface area is 114 Å². The van der Waals surface area contributed by atoms with Gasteiger partial charge >= 0.3 is 0 Å². The summed E-state index contributed by atoms with van der Waals surface area (Å²) in [6.07, 6.45) is 0. The van der Waals surface area contributed by atoms with Crippen LogP contribution >= 0.6 is 0 Å². The van der Waals surface area contributed by atoms with Gasteiger partial charge in [-0.15, -0.1) is 0 Å². The van der Waals surface area contributed by atoms with Gasteiger partial charge in [-0.05, 0) is 0 Å². The number of nitrogens with zero attached hydrogens (tertiary/aromatic N) is 2. The number of rotatable bonds is 5. The summed E-state index contributed by atoms with van der Waals surface area (Å²) in [7, 11) is -4.03. The van der Waals surface area contributed by atoms with Gasteiger partial charge in [0.2, 0.25) is 0 Å². The number of hydrogen-bond donors (Lipinski definition) is 1. The SMILES string of the molecule is O=S(=O)(O)C(CN1CCOCC1)CN1CCOCC1. The lowest BCUT2D eigenvalue weighted by atomic mass is 10.3. The molecule has 0 aliphatic carbocycles. The van der Waals surface area contributed by atoms with Gasteiger partial charge in [0.05, 0.1) is 26.4 Å². The molecule has 2 heterocycles. The predicted octanol–water partition coefficient (Wildman–Crippen LogP) is -1.09. The zero-order valence-corrected chi connectivity index (χ0v) is 11.8. The molecule has 2 saturated heterocycles. The summed E-state index contributed by atoms with van der Waals surface area (Å²) in [6.45, 7) is 6.07. The highest BCUT2D eigenvalue weighted by atomic mass is 32.2. The summed E-state index contributed by atoms with van der Waals surface area (Å²) < 4.78 is 42.9. The van der Waals surface area contributed by atoms with Crippen molar-refractivity contribution in [1.29, 1.82) is 0 Å². The lowest BCUT2D eigenvalue weighted by molar-refractivity contribution is 0.0252. The Morgan fingerprint density at radius 3 is 1.58 bits per heavy atom. The van der Waals surface area contributed by atoms with Crippen molar-refractivity contribution in [1.82, 2.24) is 9.80 Å². The van der Waals surface area contributed by atoms with Gasteiger partial charge in [-0.1, -0.05) is 0 Å². The van der Waals surface area contributed by atoms with Gasteiger partial charge in [-0.25, -0.2) is 0 Å². The summed E-state index contributed by atoms with van der Waals surface area (Å²) in [5, 5.41) is -0.760. The molecule has 0 atom stereocenters. The van der Waals surface area contributed by atoms with E-state index in [0.717, 1.165) is 26.2 Å². The van der Waals surface area contributed by atoms with Crippen LogP contribution in [0.2, 0.25) is 0 Å². The average Bonchev–Trinajstić information content (AvgIpc) is 2.39. The molecule has 2 rings (SSSR count). The third-order valence-electron chi connectivity index (χ3n) is 3.55. The minimum atomic E-state index is -4.03. The number of hydrogen-bond acceptors (Lipinski definition) is 6. The lowest BCUT2D eigenvalue weighted by Gasteiger charge is -2.33. The molecule has 8 heteroatoms. The normalized spacial score (nSPS) is 23.9. The molecule has 0 unspecified atom stereocenters. The van der Waals surface area contributed by atoms with Gasteiger partial charge < -0.3 is 9.47 Å². The van der Waals surface area contributed by atoms with Gasteiger partial charge in [0.1, 0.15) is 5.25 Å². The highest BCUT2D eigenvalue weighted by Crippen LogP contribution is 2.09. The van der Waals surface area contributed by atoms with Crippen LogP contribution in [0.3, 0.4) is 0 Å². The maximum Gasteiger partial charge on any atom is 0.270 e. The second kappa shape index (κ2) is 6.96.